The molecule has 3 nitrogen and oxygen atoms in total. The van der Waals surface area contributed by atoms with Crippen LogP contribution in [0.1, 0.15) is 59.3 Å². The molecule has 0 aromatic heterocycles. The molecule has 2 atom stereocenters. The van der Waals surface area contributed by atoms with E-state index in [0.29, 0.717) is 0 Å². The first-order chi connectivity index (χ1) is 9.13. The maximum atomic E-state index is 9.20. The van der Waals surface area contributed by atoms with E-state index in [-0.39, 0.29) is 5.54 Å². The van der Waals surface area contributed by atoms with Gasteiger partial charge in [-0.1, -0.05) is 20.3 Å². The van der Waals surface area contributed by atoms with Crippen LogP contribution in [-0.2, 0) is 0 Å². The first kappa shape index (κ1) is 16.5. The fourth-order valence-electron chi connectivity index (χ4n) is 3.15. The third kappa shape index (κ3) is 5.93. The predicted molar refractivity (Wildman–Crippen MR) is 81.0 cm³/mol. The van der Waals surface area contributed by atoms with Crippen molar-refractivity contribution in [2.45, 2.75) is 64.8 Å². The second kappa shape index (κ2) is 8.55. The maximum absolute atomic E-state index is 9.20. The third-order valence-electron chi connectivity index (χ3n) is 4.28. The number of unbranched alkanes of at least 4 members (excludes halogenated alkanes) is 1. The number of rotatable bonds is 9. The van der Waals surface area contributed by atoms with Gasteiger partial charge in [0.1, 0.15) is 5.54 Å². The molecule has 19 heavy (non-hydrogen) atoms. The number of likely N-dealkylation sites (tertiary alicyclic amines) is 1. The lowest BCUT2D eigenvalue weighted by Crippen LogP contribution is -2.40. The van der Waals surface area contributed by atoms with Gasteiger partial charge in [0.25, 0.3) is 0 Å². The van der Waals surface area contributed by atoms with Gasteiger partial charge >= 0.3 is 0 Å². The Hall–Kier alpha value is -0.590. The van der Waals surface area contributed by atoms with Crippen molar-refractivity contribution in [1.82, 2.24) is 10.2 Å². The molecule has 1 rings (SSSR count). The molecule has 110 valence electrons. The van der Waals surface area contributed by atoms with Crippen molar-refractivity contribution in [3.63, 3.8) is 0 Å². The Balaban J connectivity index is 2.13. The van der Waals surface area contributed by atoms with Crippen molar-refractivity contribution in [2.24, 2.45) is 5.92 Å². The van der Waals surface area contributed by atoms with Gasteiger partial charge in [0.05, 0.1) is 6.07 Å². The third-order valence-corrected chi connectivity index (χ3v) is 4.28. The quantitative estimate of drug-likeness (QED) is 0.651. The Labute approximate surface area is 119 Å². The molecule has 1 fully saturated rings. The molecule has 1 aliphatic heterocycles. The van der Waals surface area contributed by atoms with Crippen molar-refractivity contribution >= 4 is 0 Å². The molecular formula is C16H31N3. The van der Waals surface area contributed by atoms with Crippen LogP contribution in [0, 0.1) is 17.2 Å². The summed E-state index contributed by atoms with van der Waals surface area (Å²) in [6, 6.07) is 2.41. The van der Waals surface area contributed by atoms with Crippen LogP contribution >= 0.6 is 0 Å². The largest absolute Gasteiger partial charge is 0.303 e. The highest BCUT2D eigenvalue weighted by molar-refractivity contribution is 5.03. The minimum atomic E-state index is -0.329. The molecule has 2 unspecified atom stereocenters. The van der Waals surface area contributed by atoms with Crippen molar-refractivity contribution in [3.05, 3.63) is 0 Å². The summed E-state index contributed by atoms with van der Waals surface area (Å²) in [6.45, 7) is 11.0. The van der Waals surface area contributed by atoms with E-state index in [9.17, 15) is 5.26 Å². The molecule has 0 aromatic rings. The van der Waals surface area contributed by atoms with Crippen LogP contribution in [0.4, 0.5) is 0 Å². The summed E-state index contributed by atoms with van der Waals surface area (Å²) in [7, 11) is 0. The summed E-state index contributed by atoms with van der Waals surface area (Å²) in [4.78, 5) is 2.61. The van der Waals surface area contributed by atoms with Crippen molar-refractivity contribution in [2.75, 3.05) is 26.2 Å². The van der Waals surface area contributed by atoms with Crippen LogP contribution in [-0.4, -0.2) is 36.6 Å². The summed E-state index contributed by atoms with van der Waals surface area (Å²) >= 11 is 0. The molecule has 1 saturated heterocycles. The van der Waals surface area contributed by atoms with Gasteiger partial charge in [-0.05, 0) is 64.6 Å². The second-order valence-corrected chi connectivity index (χ2v) is 6.18. The summed E-state index contributed by atoms with van der Waals surface area (Å²) in [5.41, 5.74) is -0.329. The Morgan fingerprint density at radius 1 is 1.37 bits per heavy atom. The van der Waals surface area contributed by atoms with Crippen LogP contribution < -0.4 is 5.32 Å². The minimum absolute atomic E-state index is 0.329. The SMILES string of the molecule is CCCC1CCN(CCCCC(C)(C#N)NCC)C1. The standard InChI is InChI=1S/C16H31N3/c1-4-8-15-9-12-19(13-15)11-7-6-10-16(3,14-17)18-5-2/h15,18H,4-13H2,1-3H3. The smallest absolute Gasteiger partial charge is 0.103 e. The molecule has 1 N–H and O–H groups in total. The van der Waals surface area contributed by atoms with E-state index in [1.54, 1.807) is 0 Å². The highest BCUT2D eigenvalue weighted by Crippen LogP contribution is 2.21. The van der Waals surface area contributed by atoms with Gasteiger partial charge in [0.15, 0.2) is 0 Å². The Morgan fingerprint density at radius 3 is 2.79 bits per heavy atom. The van der Waals surface area contributed by atoms with E-state index in [1.807, 2.05) is 6.92 Å². The lowest BCUT2D eigenvalue weighted by molar-refractivity contribution is 0.303. The molecule has 3 heteroatoms. The monoisotopic (exact) mass is 265 g/mol. The zero-order chi connectivity index (χ0) is 14.1. The van der Waals surface area contributed by atoms with Crippen LogP contribution in [0.15, 0.2) is 0 Å². The molecule has 1 aliphatic rings. The second-order valence-electron chi connectivity index (χ2n) is 6.18. The molecular weight excluding hydrogens is 234 g/mol. The zero-order valence-electron chi connectivity index (χ0n) is 13.0. The van der Waals surface area contributed by atoms with Crippen molar-refractivity contribution in [3.8, 4) is 6.07 Å². The minimum Gasteiger partial charge on any atom is -0.303 e. The van der Waals surface area contributed by atoms with Gasteiger partial charge < -0.3 is 4.90 Å². The van der Waals surface area contributed by atoms with Gasteiger partial charge in [-0.2, -0.15) is 5.26 Å². The highest BCUT2D eigenvalue weighted by Gasteiger charge is 2.23. The Bertz CT molecular complexity index is 284. The van der Waals surface area contributed by atoms with Crippen LogP contribution in [0.3, 0.4) is 0 Å². The highest BCUT2D eigenvalue weighted by atomic mass is 15.1. The first-order valence-electron chi connectivity index (χ1n) is 8.02. The van der Waals surface area contributed by atoms with Gasteiger partial charge in [-0.25, -0.2) is 0 Å². The predicted octanol–water partition coefficient (Wildman–Crippen LogP) is 3.17. The maximum Gasteiger partial charge on any atom is 0.103 e. The van der Waals surface area contributed by atoms with E-state index in [4.69, 9.17) is 0 Å². The first-order valence-corrected chi connectivity index (χ1v) is 8.02. The Kier molecular flexibility index (Phi) is 7.41. The van der Waals surface area contributed by atoms with Gasteiger partial charge in [-0.15, -0.1) is 0 Å². The summed E-state index contributed by atoms with van der Waals surface area (Å²) in [5.74, 6) is 0.941. The number of nitrogens with zero attached hydrogens (tertiary/aromatic N) is 2. The summed E-state index contributed by atoms with van der Waals surface area (Å²) in [5, 5.41) is 12.5. The van der Waals surface area contributed by atoms with E-state index in [0.717, 1.165) is 25.3 Å². The fourth-order valence-corrected chi connectivity index (χ4v) is 3.15. The van der Waals surface area contributed by atoms with Crippen LogP contribution in [0.5, 0.6) is 0 Å². The molecule has 0 spiro atoms. The number of hydrogen-bond donors (Lipinski definition) is 1. The van der Waals surface area contributed by atoms with Crippen LogP contribution in [0.2, 0.25) is 0 Å². The molecule has 0 saturated carbocycles. The van der Waals surface area contributed by atoms with E-state index in [1.165, 1.54) is 45.3 Å². The number of nitriles is 1. The van der Waals surface area contributed by atoms with Crippen molar-refractivity contribution < 1.29 is 0 Å². The Morgan fingerprint density at radius 2 is 2.16 bits per heavy atom. The topological polar surface area (TPSA) is 39.1 Å². The van der Waals surface area contributed by atoms with E-state index in [2.05, 4.69) is 30.1 Å². The average Bonchev–Trinajstić information content (AvgIpc) is 2.83. The molecule has 1 heterocycles. The fraction of sp³-hybridized carbons (Fsp3) is 0.938. The lowest BCUT2D eigenvalue weighted by Gasteiger charge is -2.23. The summed E-state index contributed by atoms with van der Waals surface area (Å²) < 4.78 is 0. The molecule has 0 amide bonds. The lowest BCUT2D eigenvalue weighted by atomic mass is 9.96. The number of hydrogen-bond acceptors (Lipinski definition) is 3. The van der Waals surface area contributed by atoms with E-state index >= 15 is 0 Å². The molecule has 0 aliphatic carbocycles. The van der Waals surface area contributed by atoms with Gasteiger partial charge in [-0.3, -0.25) is 5.32 Å². The molecule has 0 radical (unpaired) electrons. The average molecular weight is 265 g/mol. The van der Waals surface area contributed by atoms with Crippen LogP contribution in [0.25, 0.3) is 0 Å². The van der Waals surface area contributed by atoms with Gasteiger partial charge in [0, 0.05) is 6.54 Å². The van der Waals surface area contributed by atoms with Crippen molar-refractivity contribution in [1.29, 1.82) is 5.26 Å². The molecule has 0 aromatic carbocycles. The number of nitrogens with one attached hydrogen (secondary N) is 1. The van der Waals surface area contributed by atoms with E-state index < -0.39 is 0 Å². The summed E-state index contributed by atoms with van der Waals surface area (Å²) in [6.07, 6.45) is 7.43. The zero-order valence-corrected chi connectivity index (χ0v) is 13.0. The molecule has 0 bridgehead atoms. The normalized spacial score (nSPS) is 23.2. The van der Waals surface area contributed by atoms with Gasteiger partial charge in [0.2, 0.25) is 0 Å².